The molecule has 3 aromatic rings. The summed E-state index contributed by atoms with van der Waals surface area (Å²) in [5.41, 5.74) is 2.32. The summed E-state index contributed by atoms with van der Waals surface area (Å²) in [7, 11) is 3.41. The first-order valence-corrected chi connectivity index (χ1v) is 6.62. The molecule has 0 aliphatic heterocycles. The number of carbonyl (C=O) groups excluding carboxylic acids is 1. The minimum atomic E-state index is -0.0295. The van der Waals surface area contributed by atoms with E-state index in [9.17, 15) is 4.79 Å². The predicted molar refractivity (Wildman–Crippen MR) is 79.5 cm³/mol. The van der Waals surface area contributed by atoms with Crippen LogP contribution in [0.5, 0.6) is 5.75 Å². The third-order valence-corrected chi connectivity index (χ3v) is 3.47. The van der Waals surface area contributed by atoms with Crippen LogP contribution in [-0.4, -0.2) is 27.7 Å². The predicted octanol–water partition coefficient (Wildman–Crippen LogP) is 2.40. The second-order valence-electron chi connectivity index (χ2n) is 4.76. The van der Waals surface area contributed by atoms with Crippen LogP contribution < -0.4 is 4.74 Å². The van der Waals surface area contributed by atoms with E-state index in [0.717, 1.165) is 16.6 Å². The van der Waals surface area contributed by atoms with Crippen LogP contribution in [0.1, 0.15) is 16.1 Å². The van der Waals surface area contributed by atoms with E-state index in [2.05, 4.69) is 10.1 Å². The molecule has 0 saturated carbocycles. The summed E-state index contributed by atoms with van der Waals surface area (Å²) >= 11 is 0. The SMILES string of the molecule is COc1cnccc1C(=O)Cc1nn(C)c2ccccc12. The van der Waals surface area contributed by atoms with Gasteiger partial charge in [0.25, 0.3) is 0 Å². The van der Waals surface area contributed by atoms with Crippen molar-refractivity contribution < 1.29 is 9.53 Å². The Hall–Kier alpha value is -2.69. The van der Waals surface area contributed by atoms with Crippen molar-refractivity contribution >= 4 is 16.7 Å². The van der Waals surface area contributed by atoms with Gasteiger partial charge in [0.05, 0.1) is 36.5 Å². The van der Waals surface area contributed by atoms with Crippen LogP contribution >= 0.6 is 0 Å². The molecule has 0 aliphatic carbocycles. The van der Waals surface area contributed by atoms with Crippen LogP contribution in [0.3, 0.4) is 0 Å². The molecule has 0 radical (unpaired) electrons. The first kappa shape index (κ1) is 13.3. The maximum Gasteiger partial charge on any atom is 0.172 e. The van der Waals surface area contributed by atoms with E-state index in [1.54, 1.807) is 23.1 Å². The molecule has 106 valence electrons. The van der Waals surface area contributed by atoms with Crippen molar-refractivity contribution in [3.8, 4) is 5.75 Å². The van der Waals surface area contributed by atoms with Gasteiger partial charge in [0.15, 0.2) is 5.78 Å². The van der Waals surface area contributed by atoms with Crippen LogP contribution in [0.25, 0.3) is 10.9 Å². The molecule has 0 N–H and O–H groups in total. The molecule has 0 amide bonds. The molecule has 0 fully saturated rings. The highest BCUT2D eigenvalue weighted by Crippen LogP contribution is 2.22. The Balaban J connectivity index is 1.97. The van der Waals surface area contributed by atoms with Crippen molar-refractivity contribution in [2.45, 2.75) is 6.42 Å². The number of carbonyl (C=O) groups is 1. The van der Waals surface area contributed by atoms with Gasteiger partial charge in [-0.3, -0.25) is 14.5 Å². The maximum absolute atomic E-state index is 12.5. The van der Waals surface area contributed by atoms with E-state index >= 15 is 0 Å². The molecule has 0 aliphatic rings. The fraction of sp³-hybridized carbons (Fsp3) is 0.188. The van der Waals surface area contributed by atoms with Gasteiger partial charge in [-0.05, 0) is 12.1 Å². The highest BCUT2D eigenvalue weighted by atomic mass is 16.5. The number of aromatic nitrogens is 3. The molecule has 2 aromatic heterocycles. The lowest BCUT2D eigenvalue weighted by Gasteiger charge is -2.05. The standard InChI is InChI=1S/C16H15N3O2/c1-19-14-6-4-3-5-11(14)13(18-19)9-15(20)12-7-8-17-10-16(12)21-2/h3-8,10H,9H2,1-2H3. The molecule has 3 rings (SSSR count). The number of nitrogens with zero attached hydrogens (tertiary/aromatic N) is 3. The molecule has 2 heterocycles. The summed E-state index contributed by atoms with van der Waals surface area (Å²) in [5, 5.41) is 5.45. The highest BCUT2D eigenvalue weighted by Gasteiger charge is 2.16. The molecule has 0 unspecified atom stereocenters. The van der Waals surface area contributed by atoms with Gasteiger partial charge in [-0.2, -0.15) is 5.10 Å². The second-order valence-corrected chi connectivity index (χ2v) is 4.76. The van der Waals surface area contributed by atoms with Gasteiger partial charge >= 0.3 is 0 Å². The average molecular weight is 281 g/mol. The number of pyridine rings is 1. The largest absolute Gasteiger partial charge is 0.494 e. The molecule has 0 saturated heterocycles. The van der Waals surface area contributed by atoms with E-state index in [4.69, 9.17) is 4.74 Å². The lowest BCUT2D eigenvalue weighted by Crippen LogP contribution is -2.07. The number of hydrogen-bond acceptors (Lipinski definition) is 4. The monoisotopic (exact) mass is 281 g/mol. The van der Waals surface area contributed by atoms with Crippen LogP contribution in [0.4, 0.5) is 0 Å². The van der Waals surface area contributed by atoms with Crippen molar-refractivity contribution in [3.63, 3.8) is 0 Å². The van der Waals surface area contributed by atoms with E-state index in [-0.39, 0.29) is 12.2 Å². The molecule has 5 nitrogen and oxygen atoms in total. The van der Waals surface area contributed by atoms with Crippen LogP contribution in [0.15, 0.2) is 42.7 Å². The average Bonchev–Trinajstić information content (AvgIpc) is 2.84. The number of fused-ring (bicyclic) bond motifs is 1. The first-order valence-electron chi connectivity index (χ1n) is 6.62. The lowest BCUT2D eigenvalue weighted by molar-refractivity contribution is 0.0989. The van der Waals surface area contributed by atoms with Gasteiger partial charge in [0, 0.05) is 18.6 Å². The maximum atomic E-state index is 12.5. The molecule has 5 heteroatoms. The highest BCUT2D eigenvalue weighted by molar-refractivity contribution is 6.01. The number of hydrogen-bond donors (Lipinski definition) is 0. The summed E-state index contributed by atoms with van der Waals surface area (Å²) in [5.74, 6) is 0.459. The quantitative estimate of drug-likeness (QED) is 0.689. The first-order chi connectivity index (χ1) is 10.2. The summed E-state index contributed by atoms with van der Waals surface area (Å²) in [6, 6.07) is 9.55. The summed E-state index contributed by atoms with van der Waals surface area (Å²) in [6.07, 6.45) is 3.37. The Labute approximate surface area is 122 Å². The van der Waals surface area contributed by atoms with Crippen LogP contribution in [-0.2, 0) is 13.5 Å². The molecule has 0 atom stereocenters. The van der Waals surface area contributed by atoms with E-state index < -0.39 is 0 Å². The smallest absolute Gasteiger partial charge is 0.172 e. The zero-order valence-corrected chi connectivity index (χ0v) is 11.9. The topological polar surface area (TPSA) is 57.0 Å². The minimum Gasteiger partial charge on any atom is -0.494 e. The Morgan fingerprint density at radius 3 is 2.90 bits per heavy atom. The second kappa shape index (κ2) is 5.36. The Morgan fingerprint density at radius 1 is 1.29 bits per heavy atom. The summed E-state index contributed by atoms with van der Waals surface area (Å²) in [4.78, 5) is 16.5. The number of Topliss-reactive ketones (excluding diaryl/α,β-unsaturated/α-hetero) is 1. The molecular weight excluding hydrogens is 266 g/mol. The Kier molecular flexibility index (Phi) is 3.39. The van der Waals surface area contributed by atoms with Crippen molar-refractivity contribution in [3.05, 3.63) is 54.0 Å². The zero-order chi connectivity index (χ0) is 14.8. The normalized spacial score (nSPS) is 10.8. The number of rotatable bonds is 4. The number of ether oxygens (including phenoxy) is 1. The van der Waals surface area contributed by atoms with Crippen molar-refractivity contribution in [2.75, 3.05) is 7.11 Å². The third kappa shape index (κ3) is 2.38. The fourth-order valence-corrected chi connectivity index (χ4v) is 2.44. The van der Waals surface area contributed by atoms with Gasteiger partial charge in [-0.25, -0.2) is 0 Å². The molecule has 21 heavy (non-hydrogen) atoms. The fourth-order valence-electron chi connectivity index (χ4n) is 2.44. The van der Waals surface area contributed by atoms with Gasteiger partial charge in [0.2, 0.25) is 0 Å². The third-order valence-electron chi connectivity index (χ3n) is 3.47. The number of para-hydroxylation sites is 1. The number of methoxy groups -OCH3 is 1. The summed E-state index contributed by atoms with van der Waals surface area (Å²) in [6.45, 7) is 0. The number of aryl methyl sites for hydroxylation is 1. The van der Waals surface area contributed by atoms with Gasteiger partial charge in [-0.15, -0.1) is 0 Å². The number of benzene rings is 1. The van der Waals surface area contributed by atoms with E-state index in [1.807, 2.05) is 31.3 Å². The van der Waals surface area contributed by atoms with Crippen LogP contribution in [0, 0.1) is 0 Å². The Morgan fingerprint density at radius 2 is 2.10 bits per heavy atom. The molecular formula is C16H15N3O2. The number of ketones is 1. The zero-order valence-electron chi connectivity index (χ0n) is 11.9. The van der Waals surface area contributed by atoms with Gasteiger partial charge < -0.3 is 4.74 Å². The van der Waals surface area contributed by atoms with E-state index in [0.29, 0.717) is 11.3 Å². The van der Waals surface area contributed by atoms with Gasteiger partial charge in [-0.1, -0.05) is 18.2 Å². The van der Waals surface area contributed by atoms with E-state index in [1.165, 1.54) is 7.11 Å². The van der Waals surface area contributed by atoms with Crippen molar-refractivity contribution in [1.82, 2.24) is 14.8 Å². The van der Waals surface area contributed by atoms with Crippen molar-refractivity contribution in [2.24, 2.45) is 7.05 Å². The van der Waals surface area contributed by atoms with Crippen LogP contribution in [0.2, 0.25) is 0 Å². The van der Waals surface area contributed by atoms with Crippen molar-refractivity contribution in [1.29, 1.82) is 0 Å². The van der Waals surface area contributed by atoms with Gasteiger partial charge in [0.1, 0.15) is 5.75 Å². The Bertz CT molecular complexity index is 808. The molecule has 1 aromatic carbocycles. The summed E-state index contributed by atoms with van der Waals surface area (Å²) < 4.78 is 6.98. The molecule has 0 spiro atoms. The lowest BCUT2D eigenvalue weighted by atomic mass is 10.0. The molecule has 0 bridgehead atoms. The minimum absolute atomic E-state index is 0.0295.